The Bertz CT molecular complexity index is 189. The molecule has 0 rings (SSSR count). The Morgan fingerprint density at radius 1 is 1.33 bits per heavy atom. The third kappa shape index (κ3) is 2.62. The third-order valence-electron chi connectivity index (χ3n) is 1.86. The van der Waals surface area contributed by atoms with Gasteiger partial charge in [-0.05, 0) is 12.8 Å². The van der Waals surface area contributed by atoms with Crippen molar-refractivity contribution in [2.45, 2.75) is 26.8 Å². The van der Waals surface area contributed by atoms with E-state index in [-0.39, 0.29) is 11.7 Å². The number of Topliss-reactive ketones (excluding diaryl/α,β-unsaturated/α-hetero) is 1. The number of hydrogen-bond donors (Lipinski definition) is 2. The fraction of sp³-hybridized carbons (Fsp3) is 0.750. The number of hydrogen-bond acceptors (Lipinski definition) is 3. The number of ketones is 1. The molecule has 70 valence electrons. The Kier molecular flexibility index (Phi) is 3.89. The SMILES string of the molecule is CC(=O)C(C(C)C)C(N)C(=O)O. The molecule has 3 N–H and O–H groups in total. The minimum atomic E-state index is -1.12. The second kappa shape index (κ2) is 4.21. The van der Waals surface area contributed by atoms with Gasteiger partial charge < -0.3 is 10.8 Å². The molecule has 4 nitrogen and oxygen atoms in total. The molecule has 0 aliphatic carbocycles. The quantitative estimate of drug-likeness (QED) is 0.639. The molecule has 0 aliphatic heterocycles. The first kappa shape index (κ1) is 11.1. The van der Waals surface area contributed by atoms with Crippen LogP contribution >= 0.6 is 0 Å². The molecule has 4 heteroatoms. The molecule has 0 aromatic heterocycles. The number of rotatable bonds is 4. The maximum atomic E-state index is 11.0. The first-order valence-corrected chi connectivity index (χ1v) is 3.86. The van der Waals surface area contributed by atoms with Crippen LogP contribution in [0.25, 0.3) is 0 Å². The van der Waals surface area contributed by atoms with Crippen LogP contribution in [0.3, 0.4) is 0 Å². The molecule has 12 heavy (non-hydrogen) atoms. The summed E-state index contributed by atoms with van der Waals surface area (Å²) in [5.74, 6) is -1.90. The molecular formula is C8H15NO3. The maximum Gasteiger partial charge on any atom is 0.321 e. The van der Waals surface area contributed by atoms with Gasteiger partial charge in [0.15, 0.2) is 0 Å². The van der Waals surface area contributed by atoms with Gasteiger partial charge in [-0.15, -0.1) is 0 Å². The molecule has 0 aromatic rings. The highest BCUT2D eigenvalue weighted by atomic mass is 16.4. The van der Waals surface area contributed by atoms with Crippen LogP contribution in [0.5, 0.6) is 0 Å². The first-order valence-electron chi connectivity index (χ1n) is 3.86. The van der Waals surface area contributed by atoms with E-state index in [1.54, 1.807) is 13.8 Å². The van der Waals surface area contributed by atoms with Gasteiger partial charge in [-0.3, -0.25) is 9.59 Å². The predicted molar refractivity (Wildman–Crippen MR) is 44.6 cm³/mol. The molecule has 0 aromatic carbocycles. The average molecular weight is 173 g/mol. The lowest BCUT2D eigenvalue weighted by Gasteiger charge is -2.21. The smallest absolute Gasteiger partial charge is 0.321 e. The van der Waals surface area contributed by atoms with Gasteiger partial charge in [-0.1, -0.05) is 13.8 Å². The Labute approximate surface area is 71.8 Å². The second-order valence-corrected chi connectivity index (χ2v) is 3.24. The zero-order valence-electron chi connectivity index (χ0n) is 7.57. The molecule has 2 atom stereocenters. The number of carboxylic acids is 1. The Balaban J connectivity index is 4.51. The van der Waals surface area contributed by atoms with Crippen molar-refractivity contribution in [2.24, 2.45) is 17.6 Å². The minimum absolute atomic E-state index is 0.0337. The van der Waals surface area contributed by atoms with Gasteiger partial charge in [0.05, 0.1) is 0 Å². The van der Waals surface area contributed by atoms with Crippen molar-refractivity contribution >= 4 is 11.8 Å². The van der Waals surface area contributed by atoms with Crippen LogP contribution in [-0.4, -0.2) is 22.9 Å². The van der Waals surface area contributed by atoms with E-state index in [2.05, 4.69) is 0 Å². The monoisotopic (exact) mass is 173 g/mol. The van der Waals surface area contributed by atoms with Crippen molar-refractivity contribution in [1.29, 1.82) is 0 Å². The average Bonchev–Trinajstić information content (AvgIpc) is 1.85. The minimum Gasteiger partial charge on any atom is -0.480 e. The van der Waals surface area contributed by atoms with E-state index in [9.17, 15) is 9.59 Å². The Morgan fingerprint density at radius 3 is 1.83 bits per heavy atom. The van der Waals surface area contributed by atoms with E-state index in [0.29, 0.717) is 0 Å². The summed E-state index contributed by atoms with van der Waals surface area (Å²) in [5, 5.41) is 8.57. The molecule has 0 fully saturated rings. The van der Waals surface area contributed by atoms with Crippen LogP contribution < -0.4 is 5.73 Å². The molecular weight excluding hydrogens is 158 g/mol. The van der Waals surface area contributed by atoms with Gasteiger partial charge in [0, 0.05) is 5.92 Å². The molecule has 0 radical (unpaired) electrons. The summed E-state index contributed by atoms with van der Waals surface area (Å²) in [6.45, 7) is 4.94. The molecule has 0 spiro atoms. The van der Waals surface area contributed by atoms with Gasteiger partial charge in [0.25, 0.3) is 0 Å². The maximum absolute atomic E-state index is 11.0. The number of nitrogens with two attached hydrogens (primary N) is 1. The Morgan fingerprint density at radius 2 is 1.75 bits per heavy atom. The summed E-state index contributed by atoms with van der Waals surface area (Å²) in [5.41, 5.74) is 5.34. The van der Waals surface area contributed by atoms with E-state index < -0.39 is 17.9 Å². The van der Waals surface area contributed by atoms with Crippen molar-refractivity contribution in [3.8, 4) is 0 Å². The van der Waals surface area contributed by atoms with Crippen molar-refractivity contribution in [3.05, 3.63) is 0 Å². The van der Waals surface area contributed by atoms with Crippen molar-refractivity contribution < 1.29 is 14.7 Å². The van der Waals surface area contributed by atoms with Gasteiger partial charge in [0.2, 0.25) is 0 Å². The summed E-state index contributed by atoms with van der Waals surface area (Å²) >= 11 is 0. The zero-order chi connectivity index (χ0) is 9.89. The van der Waals surface area contributed by atoms with Crippen LogP contribution in [0.1, 0.15) is 20.8 Å². The largest absolute Gasteiger partial charge is 0.480 e. The lowest BCUT2D eigenvalue weighted by Crippen LogP contribution is -2.43. The highest BCUT2D eigenvalue weighted by Crippen LogP contribution is 2.15. The normalized spacial score (nSPS) is 15.8. The van der Waals surface area contributed by atoms with Gasteiger partial charge in [-0.2, -0.15) is 0 Å². The lowest BCUT2D eigenvalue weighted by molar-refractivity contribution is -0.143. The predicted octanol–water partition coefficient (Wildman–Crippen LogP) is 0.260. The fourth-order valence-corrected chi connectivity index (χ4v) is 1.29. The standard InChI is InChI=1S/C8H15NO3/c1-4(2)6(5(3)10)7(9)8(11)12/h4,6-7H,9H2,1-3H3,(H,11,12). The van der Waals surface area contributed by atoms with Gasteiger partial charge in [0.1, 0.15) is 11.8 Å². The highest BCUT2D eigenvalue weighted by Gasteiger charge is 2.30. The molecule has 0 saturated carbocycles. The van der Waals surface area contributed by atoms with Crippen LogP contribution in [0.2, 0.25) is 0 Å². The molecule has 0 bridgehead atoms. The van der Waals surface area contributed by atoms with Crippen LogP contribution in [0.15, 0.2) is 0 Å². The third-order valence-corrected chi connectivity index (χ3v) is 1.86. The van der Waals surface area contributed by atoms with Crippen molar-refractivity contribution in [3.63, 3.8) is 0 Å². The van der Waals surface area contributed by atoms with Crippen LogP contribution in [-0.2, 0) is 9.59 Å². The number of carboxylic acid groups (broad SMARTS) is 1. The summed E-state index contributed by atoms with van der Waals surface area (Å²) < 4.78 is 0. The Hall–Kier alpha value is -0.900. The fourth-order valence-electron chi connectivity index (χ4n) is 1.29. The first-order chi connectivity index (χ1) is 5.37. The lowest BCUT2D eigenvalue weighted by atomic mass is 9.86. The van der Waals surface area contributed by atoms with E-state index in [0.717, 1.165) is 0 Å². The summed E-state index contributed by atoms with van der Waals surface area (Å²) in [6, 6.07) is -1.08. The van der Waals surface area contributed by atoms with E-state index in [1.807, 2.05) is 0 Å². The summed E-state index contributed by atoms with van der Waals surface area (Å²) in [7, 11) is 0. The van der Waals surface area contributed by atoms with Crippen LogP contribution in [0.4, 0.5) is 0 Å². The number of aliphatic carboxylic acids is 1. The van der Waals surface area contributed by atoms with Gasteiger partial charge >= 0.3 is 5.97 Å². The summed E-state index contributed by atoms with van der Waals surface area (Å²) in [4.78, 5) is 21.5. The zero-order valence-corrected chi connectivity index (χ0v) is 7.57. The summed E-state index contributed by atoms with van der Waals surface area (Å²) in [6.07, 6.45) is 0. The topological polar surface area (TPSA) is 80.4 Å². The number of carbonyl (C=O) groups is 2. The molecule has 0 aliphatic rings. The van der Waals surface area contributed by atoms with Crippen molar-refractivity contribution in [1.82, 2.24) is 0 Å². The van der Waals surface area contributed by atoms with E-state index in [1.165, 1.54) is 6.92 Å². The second-order valence-electron chi connectivity index (χ2n) is 3.24. The van der Waals surface area contributed by atoms with Gasteiger partial charge in [-0.25, -0.2) is 0 Å². The molecule has 0 heterocycles. The van der Waals surface area contributed by atoms with E-state index in [4.69, 9.17) is 10.8 Å². The molecule has 2 unspecified atom stereocenters. The molecule has 0 saturated heterocycles. The van der Waals surface area contributed by atoms with Crippen LogP contribution in [0, 0.1) is 11.8 Å². The van der Waals surface area contributed by atoms with Crippen molar-refractivity contribution in [2.75, 3.05) is 0 Å². The highest BCUT2D eigenvalue weighted by molar-refractivity contribution is 5.86. The number of carbonyl (C=O) groups excluding carboxylic acids is 1. The molecule has 0 amide bonds. The van der Waals surface area contributed by atoms with E-state index >= 15 is 0 Å².